The van der Waals surface area contributed by atoms with Gasteiger partial charge in [-0.25, -0.2) is 14.8 Å². The molecule has 150 valence electrons. The molecule has 0 bridgehead atoms. The monoisotopic (exact) mass is 387 g/mol. The number of hydrogen-bond donors (Lipinski definition) is 2. The molecule has 0 aliphatic carbocycles. The fraction of sp³-hybridized carbons (Fsp3) is 0.474. The second-order valence-corrected chi connectivity index (χ2v) is 6.42. The Morgan fingerprint density at radius 3 is 2.64 bits per heavy atom. The van der Waals surface area contributed by atoms with Crippen molar-refractivity contribution in [3.8, 4) is 5.88 Å². The third-order valence-electron chi connectivity index (χ3n) is 4.42. The van der Waals surface area contributed by atoms with Gasteiger partial charge in [0.05, 0.1) is 24.8 Å². The molecule has 1 fully saturated rings. The minimum atomic E-state index is -0.495. The van der Waals surface area contributed by atoms with Gasteiger partial charge in [0.15, 0.2) is 5.82 Å². The molecule has 0 radical (unpaired) electrons. The number of nitrogens with one attached hydrogen (secondary N) is 2. The molecule has 9 nitrogen and oxygen atoms in total. The Morgan fingerprint density at radius 1 is 1.14 bits per heavy atom. The molecule has 1 aliphatic rings. The quantitative estimate of drug-likeness (QED) is 0.733. The van der Waals surface area contributed by atoms with Crippen LogP contribution in [0.15, 0.2) is 18.2 Å². The van der Waals surface area contributed by atoms with E-state index in [2.05, 4.69) is 20.5 Å². The summed E-state index contributed by atoms with van der Waals surface area (Å²) in [5, 5.41) is 5.14. The van der Waals surface area contributed by atoms with Gasteiger partial charge in [-0.15, -0.1) is 0 Å². The van der Waals surface area contributed by atoms with E-state index in [0.717, 1.165) is 31.7 Å². The molecule has 0 atom stereocenters. The Morgan fingerprint density at radius 2 is 1.93 bits per heavy atom. The summed E-state index contributed by atoms with van der Waals surface area (Å²) < 4.78 is 10.2. The molecule has 1 saturated heterocycles. The van der Waals surface area contributed by atoms with Crippen molar-refractivity contribution in [1.29, 1.82) is 0 Å². The molecule has 9 heteroatoms. The van der Waals surface area contributed by atoms with Crippen LogP contribution in [0.1, 0.15) is 26.2 Å². The molecule has 1 aromatic carbocycles. The molecule has 28 heavy (non-hydrogen) atoms. The highest BCUT2D eigenvalue weighted by molar-refractivity contribution is 5.93. The lowest BCUT2D eigenvalue weighted by Crippen LogP contribution is -2.34. The number of methoxy groups -OCH3 is 1. The van der Waals surface area contributed by atoms with Crippen LogP contribution in [0.25, 0.3) is 11.0 Å². The lowest BCUT2D eigenvalue weighted by molar-refractivity contribution is -0.141. The van der Waals surface area contributed by atoms with Crippen LogP contribution in [0.2, 0.25) is 0 Å². The standard InChI is InChI=1S/C19H25N5O4/c1-3-28-16(25)12-20-19(26)21-13-7-8-14-15(11-13)22-17(18(23-14)27-2)24-9-5-4-6-10-24/h7-8,11H,3-6,9-10,12H2,1-2H3,(H2,20,21,26). The number of anilines is 2. The number of carbonyl (C=O) groups is 2. The van der Waals surface area contributed by atoms with E-state index in [1.54, 1.807) is 32.2 Å². The number of benzene rings is 1. The summed E-state index contributed by atoms with van der Waals surface area (Å²) >= 11 is 0. The van der Waals surface area contributed by atoms with E-state index in [4.69, 9.17) is 14.5 Å². The van der Waals surface area contributed by atoms with Crippen molar-refractivity contribution in [3.05, 3.63) is 18.2 Å². The molecular formula is C19H25N5O4. The first kappa shape index (κ1) is 19.7. The van der Waals surface area contributed by atoms with Gasteiger partial charge in [0, 0.05) is 18.8 Å². The molecule has 2 heterocycles. The number of ether oxygens (including phenoxy) is 2. The van der Waals surface area contributed by atoms with Crippen molar-refractivity contribution in [2.75, 3.05) is 43.6 Å². The second-order valence-electron chi connectivity index (χ2n) is 6.42. The van der Waals surface area contributed by atoms with Crippen LogP contribution < -0.4 is 20.3 Å². The summed E-state index contributed by atoms with van der Waals surface area (Å²) in [4.78, 5) is 34.8. The maximum Gasteiger partial charge on any atom is 0.325 e. The van der Waals surface area contributed by atoms with E-state index in [0.29, 0.717) is 22.6 Å². The van der Waals surface area contributed by atoms with E-state index in [-0.39, 0.29) is 13.2 Å². The van der Waals surface area contributed by atoms with Gasteiger partial charge in [-0.1, -0.05) is 0 Å². The molecule has 2 aromatic rings. The molecule has 1 aromatic heterocycles. The third kappa shape index (κ3) is 4.79. The maximum absolute atomic E-state index is 12.0. The van der Waals surface area contributed by atoms with Crippen molar-refractivity contribution in [3.63, 3.8) is 0 Å². The van der Waals surface area contributed by atoms with Gasteiger partial charge in [0.2, 0.25) is 0 Å². The largest absolute Gasteiger partial charge is 0.478 e. The van der Waals surface area contributed by atoms with Crippen LogP contribution in [0.4, 0.5) is 16.3 Å². The molecule has 3 rings (SSSR count). The first-order valence-electron chi connectivity index (χ1n) is 9.42. The lowest BCUT2D eigenvalue weighted by atomic mass is 10.1. The molecule has 2 N–H and O–H groups in total. The van der Waals surface area contributed by atoms with E-state index in [9.17, 15) is 9.59 Å². The molecule has 2 amide bonds. The van der Waals surface area contributed by atoms with Crippen LogP contribution in [0, 0.1) is 0 Å². The van der Waals surface area contributed by atoms with Gasteiger partial charge >= 0.3 is 12.0 Å². The summed E-state index contributed by atoms with van der Waals surface area (Å²) in [6.45, 7) is 3.63. The normalized spacial score (nSPS) is 13.9. The lowest BCUT2D eigenvalue weighted by Gasteiger charge is -2.28. The van der Waals surface area contributed by atoms with E-state index in [1.807, 2.05) is 0 Å². The zero-order valence-electron chi connectivity index (χ0n) is 16.2. The van der Waals surface area contributed by atoms with Crippen molar-refractivity contribution in [2.45, 2.75) is 26.2 Å². The zero-order valence-corrected chi connectivity index (χ0v) is 16.2. The molecule has 1 aliphatic heterocycles. The molecule has 0 spiro atoms. The number of urea groups is 1. The SMILES string of the molecule is CCOC(=O)CNC(=O)Nc1ccc2nc(OC)c(N3CCCCC3)nc2c1. The third-order valence-corrected chi connectivity index (χ3v) is 4.42. The number of fused-ring (bicyclic) bond motifs is 1. The highest BCUT2D eigenvalue weighted by Crippen LogP contribution is 2.29. The highest BCUT2D eigenvalue weighted by atomic mass is 16.5. The van der Waals surface area contributed by atoms with Crippen molar-refractivity contribution < 1.29 is 19.1 Å². The number of amides is 2. The van der Waals surface area contributed by atoms with Gasteiger partial charge < -0.3 is 25.0 Å². The second kappa shape index (κ2) is 9.20. The Balaban J connectivity index is 1.76. The van der Waals surface area contributed by atoms with Crippen LogP contribution in [0.5, 0.6) is 5.88 Å². The predicted octanol–water partition coefficient (Wildman–Crippen LogP) is 2.31. The van der Waals surface area contributed by atoms with E-state index in [1.165, 1.54) is 6.42 Å². The number of hydrogen-bond acceptors (Lipinski definition) is 7. The summed E-state index contributed by atoms with van der Waals surface area (Å²) in [6.07, 6.45) is 3.45. The molecule has 0 saturated carbocycles. The Labute approximate surface area is 163 Å². The van der Waals surface area contributed by atoms with Gasteiger partial charge in [-0.3, -0.25) is 4.79 Å². The highest BCUT2D eigenvalue weighted by Gasteiger charge is 2.19. The van der Waals surface area contributed by atoms with Gasteiger partial charge in [0.25, 0.3) is 5.88 Å². The fourth-order valence-corrected chi connectivity index (χ4v) is 3.09. The number of piperidine rings is 1. The topological polar surface area (TPSA) is 106 Å². The zero-order chi connectivity index (χ0) is 19.9. The smallest absolute Gasteiger partial charge is 0.325 e. The van der Waals surface area contributed by atoms with E-state index < -0.39 is 12.0 Å². The van der Waals surface area contributed by atoms with Crippen LogP contribution in [-0.4, -0.2) is 55.3 Å². The number of rotatable bonds is 6. The van der Waals surface area contributed by atoms with Crippen LogP contribution >= 0.6 is 0 Å². The summed E-state index contributed by atoms with van der Waals surface area (Å²) in [5.74, 6) is 0.737. The van der Waals surface area contributed by atoms with E-state index >= 15 is 0 Å². The number of carbonyl (C=O) groups excluding carboxylic acids is 2. The maximum atomic E-state index is 12.0. The summed E-state index contributed by atoms with van der Waals surface area (Å²) in [7, 11) is 1.59. The van der Waals surface area contributed by atoms with Crippen LogP contribution in [-0.2, 0) is 9.53 Å². The molecule has 0 unspecified atom stereocenters. The van der Waals surface area contributed by atoms with Gasteiger partial charge in [-0.05, 0) is 44.4 Å². The average Bonchev–Trinajstić information content (AvgIpc) is 2.72. The van der Waals surface area contributed by atoms with Gasteiger partial charge in [-0.2, -0.15) is 0 Å². The predicted molar refractivity (Wildman–Crippen MR) is 106 cm³/mol. The first-order valence-corrected chi connectivity index (χ1v) is 9.42. The fourth-order valence-electron chi connectivity index (χ4n) is 3.09. The summed E-state index contributed by atoms with van der Waals surface area (Å²) in [5.41, 5.74) is 1.89. The van der Waals surface area contributed by atoms with Crippen LogP contribution in [0.3, 0.4) is 0 Å². The minimum Gasteiger partial charge on any atom is -0.478 e. The number of esters is 1. The first-order chi connectivity index (χ1) is 13.6. The van der Waals surface area contributed by atoms with Crippen molar-refractivity contribution >= 4 is 34.5 Å². The molecular weight excluding hydrogens is 362 g/mol. The minimum absolute atomic E-state index is 0.191. The summed E-state index contributed by atoms with van der Waals surface area (Å²) in [6, 6.07) is 4.75. The Bertz CT molecular complexity index is 852. The Kier molecular flexibility index (Phi) is 6.46. The van der Waals surface area contributed by atoms with Crippen molar-refractivity contribution in [2.24, 2.45) is 0 Å². The van der Waals surface area contributed by atoms with Gasteiger partial charge in [0.1, 0.15) is 6.54 Å². The number of aromatic nitrogens is 2. The Hall–Kier alpha value is -3.10. The van der Waals surface area contributed by atoms with Crippen molar-refractivity contribution in [1.82, 2.24) is 15.3 Å². The average molecular weight is 387 g/mol. The number of nitrogens with zero attached hydrogens (tertiary/aromatic N) is 3.